The highest BCUT2D eigenvalue weighted by Gasteiger charge is 2.19. The fourth-order valence-corrected chi connectivity index (χ4v) is 6.80. The van der Waals surface area contributed by atoms with E-state index >= 15 is 0 Å². The summed E-state index contributed by atoms with van der Waals surface area (Å²) in [6.45, 7) is 6.40. The van der Waals surface area contributed by atoms with Gasteiger partial charge in [-0.05, 0) is 89.9 Å². The molecule has 0 aromatic rings. The first-order chi connectivity index (χ1) is 31.0. The van der Waals surface area contributed by atoms with Crippen LogP contribution >= 0.6 is 0 Å². The zero-order valence-electron chi connectivity index (χ0n) is 40.8. The molecule has 0 aromatic heterocycles. The van der Waals surface area contributed by atoms with Gasteiger partial charge in [-0.2, -0.15) is 0 Å². The van der Waals surface area contributed by atoms with Gasteiger partial charge in [0.15, 0.2) is 6.10 Å². The molecule has 0 saturated carbocycles. The quantitative estimate of drug-likeness (QED) is 0.0199. The first kappa shape index (κ1) is 59.3. The van der Waals surface area contributed by atoms with Crippen LogP contribution in [0.4, 0.5) is 0 Å². The minimum Gasteiger partial charge on any atom is -0.462 e. The molecule has 0 aliphatic carbocycles. The van der Waals surface area contributed by atoms with Crippen molar-refractivity contribution in [3.8, 4) is 0 Å². The third-order valence-electron chi connectivity index (χ3n) is 10.7. The molecule has 0 amide bonds. The summed E-state index contributed by atoms with van der Waals surface area (Å²) < 4.78 is 16.7. The van der Waals surface area contributed by atoms with E-state index < -0.39 is 6.10 Å². The second-order valence-electron chi connectivity index (χ2n) is 16.8. The molecule has 358 valence electrons. The number of carbonyl (C=O) groups is 3. The average molecular weight is 875 g/mol. The summed E-state index contributed by atoms with van der Waals surface area (Å²) in [7, 11) is 0. The molecule has 0 fully saturated rings. The van der Waals surface area contributed by atoms with Crippen molar-refractivity contribution < 1.29 is 28.6 Å². The van der Waals surface area contributed by atoms with Crippen LogP contribution in [0.2, 0.25) is 0 Å². The Morgan fingerprint density at radius 2 is 0.635 bits per heavy atom. The van der Waals surface area contributed by atoms with Gasteiger partial charge in [0.2, 0.25) is 0 Å². The van der Waals surface area contributed by atoms with Gasteiger partial charge >= 0.3 is 17.9 Å². The molecule has 6 nitrogen and oxygen atoms in total. The smallest absolute Gasteiger partial charge is 0.306 e. The summed E-state index contributed by atoms with van der Waals surface area (Å²) in [5, 5.41) is 0. The maximum Gasteiger partial charge on any atom is 0.306 e. The molecule has 0 aliphatic rings. The summed E-state index contributed by atoms with van der Waals surface area (Å²) in [5.74, 6) is -0.975. The topological polar surface area (TPSA) is 78.9 Å². The predicted molar refractivity (Wildman–Crippen MR) is 270 cm³/mol. The molecule has 0 heterocycles. The van der Waals surface area contributed by atoms with Gasteiger partial charge in [-0.15, -0.1) is 0 Å². The third kappa shape index (κ3) is 49.2. The Labute approximate surface area is 387 Å². The Balaban J connectivity index is 4.49. The standard InChI is InChI=1S/C57H94O6/c1-4-7-10-13-16-19-22-25-27-28-29-31-32-35-38-41-44-47-50-56(59)62-53-54(52-61-55(58)49-46-43-40-37-34-24-21-18-15-12-9-6-3)63-57(60)51-48-45-42-39-36-33-30-26-23-20-17-14-11-8-5-2/h8,11,14,17-18,20-21,23,26-31,33,36,54H,4-7,9-10,12-13,15-16,19,22,24-25,32,34-35,37-53H2,1-3H3/b11-8-,17-14-,21-18-,23-20-,28-27-,30-26-,31-29-,36-33-. The van der Waals surface area contributed by atoms with E-state index in [1.165, 1.54) is 83.5 Å². The van der Waals surface area contributed by atoms with Gasteiger partial charge in [0.25, 0.3) is 0 Å². The Bertz CT molecular complexity index is 1280. The van der Waals surface area contributed by atoms with Crippen LogP contribution in [0.15, 0.2) is 97.2 Å². The fraction of sp³-hybridized carbons (Fsp3) is 0.667. The van der Waals surface area contributed by atoms with Crippen LogP contribution in [0.25, 0.3) is 0 Å². The number of ether oxygens (including phenoxy) is 3. The SMILES string of the molecule is CC\C=C/C=C\C=C/C=C\C=C/CCCCCC(=O)OC(COC(=O)CCCCCCC/C=C\C=C/CCCCCCCCC)COC(=O)CCCCCCC/C=C\CCCCC. The van der Waals surface area contributed by atoms with Crippen molar-refractivity contribution in [2.24, 2.45) is 0 Å². The zero-order chi connectivity index (χ0) is 45.8. The van der Waals surface area contributed by atoms with Crippen LogP contribution in [-0.4, -0.2) is 37.2 Å². The van der Waals surface area contributed by atoms with Crippen LogP contribution in [0.5, 0.6) is 0 Å². The highest BCUT2D eigenvalue weighted by atomic mass is 16.6. The van der Waals surface area contributed by atoms with Gasteiger partial charge in [-0.25, -0.2) is 0 Å². The summed E-state index contributed by atoms with van der Waals surface area (Å²) >= 11 is 0. The molecule has 1 unspecified atom stereocenters. The Morgan fingerprint density at radius 3 is 1.08 bits per heavy atom. The summed E-state index contributed by atoms with van der Waals surface area (Å²) in [4.78, 5) is 37.9. The minimum absolute atomic E-state index is 0.106. The number of rotatable bonds is 45. The first-order valence-electron chi connectivity index (χ1n) is 25.8. The van der Waals surface area contributed by atoms with Gasteiger partial charge < -0.3 is 14.2 Å². The normalized spacial score (nSPS) is 12.9. The number of esters is 3. The molecule has 0 saturated heterocycles. The van der Waals surface area contributed by atoms with E-state index in [0.717, 1.165) is 96.3 Å². The second kappa shape index (κ2) is 51.0. The van der Waals surface area contributed by atoms with Gasteiger partial charge in [0.1, 0.15) is 13.2 Å². The largest absolute Gasteiger partial charge is 0.462 e. The van der Waals surface area contributed by atoms with Crippen LogP contribution in [0.1, 0.15) is 226 Å². The van der Waals surface area contributed by atoms with Crippen molar-refractivity contribution in [1.82, 2.24) is 0 Å². The molecule has 0 bridgehead atoms. The Hall–Kier alpha value is -3.67. The fourth-order valence-electron chi connectivity index (χ4n) is 6.80. The maximum absolute atomic E-state index is 12.8. The molecular formula is C57H94O6. The highest BCUT2D eigenvalue weighted by Crippen LogP contribution is 2.13. The van der Waals surface area contributed by atoms with Crippen LogP contribution in [-0.2, 0) is 28.6 Å². The third-order valence-corrected chi connectivity index (χ3v) is 10.7. The first-order valence-corrected chi connectivity index (χ1v) is 25.8. The maximum atomic E-state index is 12.8. The molecule has 0 aliphatic heterocycles. The lowest BCUT2D eigenvalue weighted by Crippen LogP contribution is -2.30. The van der Waals surface area contributed by atoms with E-state index in [2.05, 4.69) is 69.4 Å². The molecule has 0 radical (unpaired) electrons. The molecule has 0 aromatic carbocycles. The molecule has 6 heteroatoms. The highest BCUT2D eigenvalue weighted by molar-refractivity contribution is 5.71. The molecule has 0 N–H and O–H groups in total. The molecule has 0 spiro atoms. The predicted octanol–water partition coefficient (Wildman–Crippen LogP) is 17.0. The van der Waals surface area contributed by atoms with Crippen molar-refractivity contribution in [2.45, 2.75) is 232 Å². The molecule has 1 atom stereocenters. The van der Waals surface area contributed by atoms with Gasteiger partial charge in [-0.1, -0.05) is 214 Å². The van der Waals surface area contributed by atoms with Crippen molar-refractivity contribution in [1.29, 1.82) is 0 Å². The van der Waals surface area contributed by atoms with Crippen molar-refractivity contribution in [3.05, 3.63) is 97.2 Å². The average Bonchev–Trinajstić information content (AvgIpc) is 3.28. The lowest BCUT2D eigenvalue weighted by molar-refractivity contribution is -0.167. The van der Waals surface area contributed by atoms with Crippen LogP contribution in [0, 0.1) is 0 Å². The molecule has 63 heavy (non-hydrogen) atoms. The Morgan fingerprint density at radius 1 is 0.333 bits per heavy atom. The summed E-state index contributed by atoms with van der Waals surface area (Å²) in [6.07, 6.45) is 66.7. The summed E-state index contributed by atoms with van der Waals surface area (Å²) in [5.41, 5.74) is 0. The van der Waals surface area contributed by atoms with Crippen LogP contribution in [0.3, 0.4) is 0 Å². The van der Waals surface area contributed by atoms with Crippen LogP contribution < -0.4 is 0 Å². The molecular weight excluding hydrogens is 781 g/mol. The van der Waals surface area contributed by atoms with Crippen molar-refractivity contribution in [2.75, 3.05) is 13.2 Å². The lowest BCUT2D eigenvalue weighted by Gasteiger charge is -2.18. The van der Waals surface area contributed by atoms with Gasteiger partial charge in [-0.3, -0.25) is 14.4 Å². The lowest BCUT2D eigenvalue weighted by atomic mass is 10.1. The zero-order valence-corrected chi connectivity index (χ0v) is 40.8. The second-order valence-corrected chi connectivity index (χ2v) is 16.8. The van der Waals surface area contributed by atoms with Gasteiger partial charge in [0.05, 0.1) is 0 Å². The number of unbranched alkanes of at least 4 members (excludes halogenated alkanes) is 23. The van der Waals surface area contributed by atoms with E-state index in [-0.39, 0.29) is 37.5 Å². The number of hydrogen-bond donors (Lipinski definition) is 0. The minimum atomic E-state index is -0.810. The van der Waals surface area contributed by atoms with Crippen molar-refractivity contribution in [3.63, 3.8) is 0 Å². The van der Waals surface area contributed by atoms with E-state index in [4.69, 9.17) is 14.2 Å². The van der Waals surface area contributed by atoms with E-state index in [9.17, 15) is 14.4 Å². The van der Waals surface area contributed by atoms with E-state index in [0.29, 0.717) is 19.3 Å². The Kier molecular flexibility index (Phi) is 48.0. The summed E-state index contributed by atoms with van der Waals surface area (Å²) in [6, 6.07) is 0. The van der Waals surface area contributed by atoms with E-state index in [1.807, 2.05) is 48.6 Å². The number of allylic oxidation sites excluding steroid dienone is 16. The number of carbonyl (C=O) groups excluding carboxylic acids is 3. The monoisotopic (exact) mass is 875 g/mol. The molecule has 0 rings (SSSR count). The number of hydrogen-bond acceptors (Lipinski definition) is 6. The van der Waals surface area contributed by atoms with E-state index in [1.54, 1.807) is 0 Å². The van der Waals surface area contributed by atoms with Gasteiger partial charge in [0, 0.05) is 19.3 Å². The van der Waals surface area contributed by atoms with Crippen molar-refractivity contribution >= 4 is 17.9 Å².